The highest BCUT2D eigenvalue weighted by molar-refractivity contribution is 5.80. The zero-order chi connectivity index (χ0) is 15.8. The first-order valence-corrected chi connectivity index (χ1v) is 7.43. The number of carbonyl (C=O) groups is 1. The Labute approximate surface area is 125 Å². The molecule has 0 fully saturated rings. The Hall–Kier alpha value is -1.62. The molecule has 5 heteroatoms. The molecule has 0 saturated carbocycles. The largest absolute Gasteiger partial charge is 0.478 e. The van der Waals surface area contributed by atoms with Crippen LogP contribution < -0.4 is 15.8 Å². The highest BCUT2D eigenvalue weighted by atomic mass is 19.1. The number of ether oxygens (including phenoxy) is 1. The van der Waals surface area contributed by atoms with Crippen molar-refractivity contribution >= 4 is 5.91 Å². The SMILES string of the molecule is CCCC(C)NC(=O)C(C)Oc1ccc(CCN)cc1F. The number of hydrogen-bond acceptors (Lipinski definition) is 3. The van der Waals surface area contributed by atoms with E-state index in [4.69, 9.17) is 10.5 Å². The van der Waals surface area contributed by atoms with Crippen molar-refractivity contribution in [3.63, 3.8) is 0 Å². The number of benzene rings is 1. The van der Waals surface area contributed by atoms with Crippen LogP contribution in [0.15, 0.2) is 18.2 Å². The fraction of sp³-hybridized carbons (Fsp3) is 0.562. The number of nitrogens with two attached hydrogens (primary N) is 1. The molecule has 0 aliphatic heterocycles. The van der Waals surface area contributed by atoms with Gasteiger partial charge in [-0.15, -0.1) is 0 Å². The van der Waals surface area contributed by atoms with E-state index in [0.717, 1.165) is 18.4 Å². The van der Waals surface area contributed by atoms with Gasteiger partial charge in [0.1, 0.15) is 0 Å². The van der Waals surface area contributed by atoms with E-state index in [1.807, 2.05) is 6.92 Å². The quantitative estimate of drug-likeness (QED) is 0.774. The lowest BCUT2D eigenvalue weighted by Gasteiger charge is -2.18. The summed E-state index contributed by atoms with van der Waals surface area (Å²) in [5, 5.41) is 2.85. The summed E-state index contributed by atoms with van der Waals surface area (Å²) < 4.78 is 19.3. The number of carbonyl (C=O) groups excluding carboxylic acids is 1. The highest BCUT2D eigenvalue weighted by Crippen LogP contribution is 2.20. The molecule has 3 N–H and O–H groups in total. The van der Waals surface area contributed by atoms with Crippen molar-refractivity contribution in [3.8, 4) is 5.75 Å². The number of nitrogens with one attached hydrogen (secondary N) is 1. The van der Waals surface area contributed by atoms with E-state index >= 15 is 0 Å². The van der Waals surface area contributed by atoms with Gasteiger partial charge in [-0.3, -0.25) is 4.79 Å². The molecule has 1 amide bonds. The van der Waals surface area contributed by atoms with Crippen LogP contribution in [0, 0.1) is 5.82 Å². The first-order valence-electron chi connectivity index (χ1n) is 7.43. The predicted octanol–water partition coefficient (Wildman–Crippen LogP) is 2.40. The van der Waals surface area contributed by atoms with Crippen LogP contribution in [0.2, 0.25) is 0 Å². The van der Waals surface area contributed by atoms with Crippen molar-refractivity contribution in [1.29, 1.82) is 0 Å². The Bertz CT molecular complexity index is 466. The maximum Gasteiger partial charge on any atom is 0.260 e. The summed E-state index contributed by atoms with van der Waals surface area (Å²) in [5.41, 5.74) is 6.25. The maximum absolute atomic E-state index is 13.9. The third kappa shape index (κ3) is 5.71. The number of hydrogen-bond donors (Lipinski definition) is 2. The van der Waals surface area contributed by atoms with E-state index in [1.165, 1.54) is 6.07 Å². The highest BCUT2D eigenvalue weighted by Gasteiger charge is 2.18. The van der Waals surface area contributed by atoms with Crippen molar-refractivity contribution in [3.05, 3.63) is 29.6 Å². The summed E-state index contributed by atoms with van der Waals surface area (Å²) in [6, 6.07) is 4.78. The van der Waals surface area contributed by atoms with E-state index in [0.29, 0.717) is 13.0 Å². The molecule has 21 heavy (non-hydrogen) atoms. The minimum absolute atomic E-state index is 0.0848. The first-order chi connectivity index (χ1) is 9.97. The Morgan fingerprint density at radius 2 is 2.14 bits per heavy atom. The molecule has 0 aliphatic rings. The summed E-state index contributed by atoms with van der Waals surface area (Å²) in [5.74, 6) is -0.620. The lowest BCUT2D eigenvalue weighted by Crippen LogP contribution is -2.41. The van der Waals surface area contributed by atoms with Crippen LogP contribution in [0.25, 0.3) is 0 Å². The van der Waals surface area contributed by atoms with Crippen LogP contribution in [0.4, 0.5) is 4.39 Å². The van der Waals surface area contributed by atoms with Crippen LogP contribution in [0.1, 0.15) is 39.2 Å². The van der Waals surface area contributed by atoms with E-state index in [-0.39, 0.29) is 17.7 Å². The fourth-order valence-corrected chi connectivity index (χ4v) is 2.07. The molecule has 0 saturated heterocycles. The Kier molecular flexibility index (Phi) is 7.15. The van der Waals surface area contributed by atoms with E-state index in [2.05, 4.69) is 12.2 Å². The van der Waals surface area contributed by atoms with Crippen molar-refractivity contribution in [2.45, 2.75) is 52.2 Å². The van der Waals surface area contributed by atoms with Crippen LogP contribution in [-0.2, 0) is 11.2 Å². The second kappa shape index (κ2) is 8.62. The van der Waals surface area contributed by atoms with Crippen LogP contribution >= 0.6 is 0 Å². The third-order valence-corrected chi connectivity index (χ3v) is 3.21. The fourth-order valence-electron chi connectivity index (χ4n) is 2.07. The van der Waals surface area contributed by atoms with E-state index < -0.39 is 11.9 Å². The molecule has 2 atom stereocenters. The summed E-state index contributed by atoms with van der Waals surface area (Å²) in [7, 11) is 0. The van der Waals surface area contributed by atoms with E-state index in [9.17, 15) is 9.18 Å². The summed E-state index contributed by atoms with van der Waals surface area (Å²) in [6.45, 7) is 6.08. The van der Waals surface area contributed by atoms with Gasteiger partial charge in [-0.25, -0.2) is 4.39 Å². The normalized spacial score (nSPS) is 13.6. The van der Waals surface area contributed by atoms with Crippen molar-refractivity contribution in [1.82, 2.24) is 5.32 Å². The lowest BCUT2D eigenvalue weighted by molar-refractivity contribution is -0.128. The molecule has 0 bridgehead atoms. The number of amides is 1. The van der Waals surface area contributed by atoms with Crippen molar-refractivity contribution in [2.75, 3.05) is 6.54 Å². The van der Waals surface area contributed by atoms with Gasteiger partial charge in [0.25, 0.3) is 5.91 Å². The van der Waals surface area contributed by atoms with Gasteiger partial charge in [0.2, 0.25) is 0 Å². The van der Waals surface area contributed by atoms with Gasteiger partial charge in [0.05, 0.1) is 0 Å². The molecule has 2 unspecified atom stereocenters. The van der Waals surface area contributed by atoms with Crippen molar-refractivity contribution in [2.24, 2.45) is 5.73 Å². The zero-order valence-corrected chi connectivity index (χ0v) is 13.0. The van der Waals surface area contributed by atoms with Gasteiger partial charge in [-0.05, 0) is 50.9 Å². The maximum atomic E-state index is 13.9. The molecule has 0 aliphatic carbocycles. The van der Waals surface area contributed by atoms with Gasteiger partial charge in [-0.1, -0.05) is 19.4 Å². The van der Waals surface area contributed by atoms with Crippen molar-refractivity contribution < 1.29 is 13.9 Å². The number of rotatable bonds is 8. The van der Waals surface area contributed by atoms with Gasteiger partial charge in [-0.2, -0.15) is 0 Å². The van der Waals surface area contributed by atoms with Gasteiger partial charge < -0.3 is 15.8 Å². The second-order valence-electron chi connectivity index (χ2n) is 5.26. The molecule has 1 aromatic carbocycles. The summed E-state index contributed by atoms with van der Waals surface area (Å²) in [6.07, 6.45) is 1.77. The van der Waals surface area contributed by atoms with Gasteiger partial charge >= 0.3 is 0 Å². The lowest BCUT2D eigenvalue weighted by atomic mass is 10.1. The molecule has 4 nitrogen and oxygen atoms in total. The molecule has 0 radical (unpaired) electrons. The average Bonchev–Trinajstić information content (AvgIpc) is 2.42. The topological polar surface area (TPSA) is 64.3 Å². The van der Waals surface area contributed by atoms with Gasteiger partial charge in [0, 0.05) is 6.04 Å². The monoisotopic (exact) mass is 296 g/mol. The summed E-state index contributed by atoms with van der Waals surface area (Å²) in [4.78, 5) is 11.9. The molecule has 1 aromatic rings. The summed E-state index contributed by atoms with van der Waals surface area (Å²) >= 11 is 0. The molecule has 0 aromatic heterocycles. The molecule has 0 heterocycles. The molecule has 0 spiro atoms. The Morgan fingerprint density at radius 3 is 2.71 bits per heavy atom. The van der Waals surface area contributed by atoms with Gasteiger partial charge in [0.15, 0.2) is 17.7 Å². The molecule has 118 valence electrons. The van der Waals surface area contributed by atoms with Crippen LogP contribution in [0.5, 0.6) is 5.75 Å². The predicted molar refractivity (Wildman–Crippen MR) is 81.8 cm³/mol. The zero-order valence-electron chi connectivity index (χ0n) is 13.0. The molecular formula is C16H25FN2O2. The Morgan fingerprint density at radius 1 is 1.43 bits per heavy atom. The molecular weight excluding hydrogens is 271 g/mol. The minimum Gasteiger partial charge on any atom is -0.478 e. The Balaban J connectivity index is 2.61. The third-order valence-electron chi connectivity index (χ3n) is 3.21. The van der Waals surface area contributed by atoms with E-state index in [1.54, 1.807) is 19.1 Å². The molecule has 1 rings (SSSR count). The minimum atomic E-state index is -0.737. The first kappa shape index (κ1) is 17.4. The van der Waals surface area contributed by atoms with Crippen LogP contribution in [-0.4, -0.2) is 24.6 Å². The van der Waals surface area contributed by atoms with Crippen LogP contribution in [0.3, 0.4) is 0 Å². The average molecular weight is 296 g/mol. The standard InChI is InChI=1S/C16H25FN2O2/c1-4-5-11(2)19-16(20)12(3)21-15-7-6-13(8-9-18)10-14(15)17/h6-7,10-12H,4-5,8-9,18H2,1-3H3,(H,19,20). The second-order valence-corrected chi connectivity index (χ2v) is 5.26. The smallest absolute Gasteiger partial charge is 0.260 e. The number of halogens is 1.